The van der Waals surface area contributed by atoms with E-state index in [1.165, 1.54) is 4.31 Å². The Kier molecular flexibility index (Phi) is 14.8. The van der Waals surface area contributed by atoms with Gasteiger partial charge in [0.2, 0.25) is 10.0 Å². The Morgan fingerprint density at radius 1 is 0.913 bits per heavy atom. The molecule has 2 atom stereocenters. The molecule has 1 amide bonds. The van der Waals surface area contributed by atoms with Crippen LogP contribution in [0.25, 0.3) is 11.1 Å². The number of sulfonamides is 1. The number of benzene rings is 3. The number of carbonyl (C=O) groups excluding carboxylic acids is 2. The first-order chi connectivity index (χ1) is 22.0. The molecule has 250 valence electrons. The summed E-state index contributed by atoms with van der Waals surface area (Å²) in [4.78, 5) is 27.0. The van der Waals surface area contributed by atoms with Gasteiger partial charge in [-0.25, -0.2) is 8.42 Å². The molecule has 46 heavy (non-hydrogen) atoms. The molecule has 0 heterocycles. The van der Waals surface area contributed by atoms with Gasteiger partial charge >= 0.3 is 0 Å². The van der Waals surface area contributed by atoms with Gasteiger partial charge in [-0.3, -0.25) is 13.9 Å². The summed E-state index contributed by atoms with van der Waals surface area (Å²) < 4.78 is 27.7. The molecule has 0 unspecified atom stereocenters. The molecule has 0 aliphatic rings. The van der Waals surface area contributed by atoms with E-state index in [-0.39, 0.29) is 29.5 Å². The molecule has 3 aromatic carbocycles. The van der Waals surface area contributed by atoms with Gasteiger partial charge < -0.3 is 10.6 Å². The van der Waals surface area contributed by atoms with Gasteiger partial charge in [-0.1, -0.05) is 88.2 Å². The average molecular weight is 668 g/mol. The van der Waals surface area contributed by atoms with Crippen molar-refractivity contribution in [3.63, 3.8) is 0 Å². The lowest BCUT2D eigenvalue weighted by atomic mass is 9.99. The first-order valence-corrected chi connectivity index (χ1v) is 18.5. The Morgan fingerprint density at radius 2 is 1.65 bits per heavy atom. The summed E-state index contributed by atoms with van der Waals surface area (Å²) in [5, 5.41) is 7.17. The maximum atomic E-state index is 14.0. The third-order valence-electron chi connectivity index (χ3n) is 8.03. The van der Waals surface area contributed by atoms with Crippen molar-refractivity contribution >= 4 is 39.0 Å². The van der Waals surface area contributed by atoms with E-state index in [0.717, 1.165) is 24.0 Å². The van der Waals surface area contributed by atoms with Gasteiger partial charge in [0.1, 0.15) is 5.78 Å². The van der Waals surface area contributed by atoms with Crippen LogP contribution in [0.15, 0.2) is 72.8 Å². The van der Waals surface area contributed by atoms with Gasteiger partial charge in [-0.05, 0) is 85.5 Å². The summed E-state index contributed by atoms with van der Waals surface area (Å²) in [6.45, 7) is 10.6. The van der Waals surface area contributed by atoms with Crippen LogP contribution in [0, 0.1) is 5.92 Å². The van der Waals surface area contributed by atoms with Gasteiger partial charge in [0.05, 0.1) is 17.5 Å². The number of Topliss-reactive ketones (excluding diaryl/α,β-unsaturated/α-hetero) is 1. The maximum absolute atomic E-state index is 14.0. The van der Waals surface area contributed by atoms with E-state index in [0.29, 0.717) is 66.5 Å². The predicted molar refractivity (Wildman–Crippen MR) is 191 cm³/mol. The quantitative estimate of drug-likeness (QED) is 0.137. The van der Waals surface area contributed by atoms with Crippen LogP contribution in [0.2, 0.25) is 5.02 Å². The predicted octanol–water partition coefficient (Wildman–Crippen LogP) is 7.68. The number of rotatable bonds is 19. The number of nitrogens with one attached hydrogen (secondary N) is 2. The Hall–Kier alpha value is -3.20. The number of ketones is 1. The van der Waals surface area contributed by atoms with E-state index in [1.807, 2.05) is 56.3 Å². The highest BCUT2D eigenvalue weighted by atomic mass is 35.5. The highest BCUT2D eigenvalue weighted by molar-refractivity contribution is 7.92. The zero-order valence-electron chi connectivity index (χ0n) is 27.9. The van der Waals surface area contributed by atoms with Crippen molar-refractivity contribution in [3.05, 3.63) is 88.9 Å². The lowest BCUT2D eigenvalue weighted by Crippen LogP contribution is -2.48. The molecule has 3 aromatic rings. The number of amides is 1. The van der Waals surface area contributed by atoms with Crippen molar-refractivity contribution < 1.29 is 18.0 Å². The number of anilines is 1. The van der Waals surface area contributed by atoms with Crippen molar-refractivity contribution in [2.45, 2.75) is 85.2 Å². The largest absolute Gasteiger partial charge is 0.348 e. The highest BCUT2D eigenvalue weighted by Gasteiger charge is 2.24. The number of hydrogen-bond acceptors (Lipinski definition) is 5. The maximum Gasteiger partial charge on any atom is 0.251 e. The highest BCUT2D eigenvalue weighted by Crippen LogP contribution is 2.30. The smallest absolute Gasteiger partial charge is 0.251 e. The van der Waals surface area contributed by atoms with E-state index in [2.05, 4.69) is 24.5 Å². The molecule has 0 saturated heterocycles. The van der Waals surface area contributed by atoms with Crippen LogP contribution in [0.5, 0.6) is 0 Å². The van der Waals surface area contributed by atoms with Crippen molar-refractivity contribution in [2.75, 3.05) is 23.1 Å². The lowest BCUT2D eigenvalue weighted by molar-refractivity contribution is -0.121. The molecule has 2 N–H and O–H groups in total. The zero-order chi connectivity index (χ0) is 33.7. The Balaban J connectivity index is 1.95. The molecule has 0 spiro atoms. The minimum absolute atomic E-state index is 0.0600. The van der Waals surface area contributed by atoms with E-state index < -0.39 is 10.0 Å². The molecule has 0 fully saturated rings. The fraction of sp³-hybridized carbons (Fsp3) is 0.459. The van der Waals surface area contributed by atoms with Crippen LogP contribution in [0.3, 0.4) is 0 Å². The summed E-state index contributed by atoms with van der Waals surface area (Å²) in [6.07, 6.45) is 4.25. The molecule has 3 rings (SSSR count). The van der Waals surface area contributed by atoms with Crippen LogP contribution >= 0.6 is 11.6 Å². The first-order valence-electron chi connectivity index (χ1n) is 16.5. The third kappa shape index (κ3) is 11.2. The molecule has 0 aliphatic heterocycles. The second kappa shape index (κ2) is 18.2. The van der Waals surface area contributed by atoms with Crippen LogP contribution < -0.4 is 14.9 Å². The second-order valence-electron chi connectivity index (χ2n) is 12.2. The van der Waals surface area contributed by atoms with E-state index in [4.69, 9.17) is 11.6 Å². The average Bonchev–Trinajstić information content (AvgIpc) is 3.03. The first kappa shape index (κ1) is 37.3. The number of halogens is 1. The second-order valence-corrected chi connectivity index (χ2v) is 14.9. The summed E-state index contributed by atoms with van der Waals surface area (Å²) in [6, 6.07) is 21.8. The van der Waals surface area contributed by atoms with Crippen LogP contribution in [-0.2, 0) is 21.2 Å². The van der Waals surface area contributed by atoms with E-state index >= 15 is 0 Å². The van der Waals surface area contributed by atoms with Crippen molar-refractivity contribution in [1.82, 2.24) is 10.6 Å². The van der Waals surface area contributed by atoms with Crippen LogP contribution in [0.4, 0.5) is 5.69 Å². The molecular formula is C37H50ClN3O4S. The number of carbonyl (C=O) groups is 2. The molecule has 0 saturated carbocycles. The van der Waals surface area contributed by atoms with Gasteiger partial charge in [-0.2, -0.15) is 0 Å². The van der Waals surface area contributed by atoms with Gasteiger partial charge in [-0.15, -0.1) is 0 Å². The standard InChI is InChI=1S/C37H50ClN3O4S/c1-6-20-41(46(44,45)8-3)34-24-30(29-17-13-18-32(38)23-29)22-31(25-34)37(43)40-33(21-28-15-10-9-11-16-28)26-39-35(7-2)36(42)19-12-14-27(4)5/h9-11,13,15-18,22-25,27,33,35,39H,6-8,12,14,19-21,26H2,1-5H3,(H,40,43)/t33-,35-/m0/s1. The SMILES string of the molecule is CCCN(c1cc(C(=O)N[C@H](CN[C@@H](CC)C(=O)CCCC(C)C)Cc2ccccc2)cc(-c2cccc(Cl)c2)c1)S(=O)(=O)CC. The summed E-state index contributed by atoms with van der Waals surface area (Å²) >= 11 is 6.31. The monoisotopic (exact) mass is 667 g/mol. The minimum Gasteiger partial charge on any atom is -0.348 e. The molecule has 7 nitrogen and oxygen atoms in total. The Morgan fingerprint density at radius 3 is 2.28 bits per heavy atom. The fourth-order valence-corrected chi connectivity index (χ4v) is 6.87. The summed E-state index contributed by atoms with van der Waals surface area (Å²) in [5.74, 6) is 0.366. The molecule has 0 aromatic heterocycles. The third-order valence-corrected chi connectivity index (χ3v) is 10.1. The molecule has 9 heteroatoms. The lowest BCUT2D eigenvalue weighted by Gasteiger charge is -2.26. The zero-order valence-corrected chi connectivity index (χ0v) is 29.5. The van der Waals surface area contributed by atoms with Gasteiger partial charge in [0.25, 0.3) is 5.91 Å². The number of nitrogens with zero attached hydrogens (tertiary/aromatic N) is 1. The summed E-state index contributed by atoms with van der Waals surface area (Å²) in [5.41, 5.74) is 3.30. The van der Waals surface area contributed by atoms with Crippen molar-refractivity contribution in [3.8, 4) is 11.1 Å². The van der Waals surface area contributed by atoms with Crippen LogP contribution in [-0.4, -0.2) is 51.0 Å². The molecule has 0 bridgehead atoms. The Bertz CT molecular complexity index is 1530. The minimum atomic E-state index is -3.60. The molecule has 0 aliphatic carbocycles. The number of hydrogen-bond donors (Lipinski definition) is 2. The van der Waals surface area contributed by atoms with Crippen molar-refractivity contribution in [2.24, 2.45) is 5.92 Å². The van der Waals surface area contributed by atoms with Gasteiger partial charge in [0.15, 0.2) is 0 Å². The Labute approximate surface area is 281 Å². The van der Waals surface area contributed by atoms with E-state index in [1.54, 1.807) is 37.3 Å². The van der Waals surface area contributed by atoms with Gasteiger partial charge in [0, 0.05) is 36.1 Å². The molecular weight excluding hydrogens is 618 g/mol. The summed E-state index contributed by atoms with van der Waals surface area (Å²) in [7, 11) is -3.60. The van der Waals surface area contributed by atoms with E-state index in [9.17, 15) is 18.0 Å². The topological polar surface area (TPSA) is 95.6 Å². The van der Waals surface area contributed by atoms with Crippen molar-refractivity contribution in [1.29, 1.82) is 0 Å². The van der Waals surface area contributed by atoms with Crippen LogP contribution in [0.1, 0.15) is 82.6 Å². The fourth-order valence-electron chi connectivity index (χ4n) is 5.48. The normalized spacial score (nSPS) is 12.9. The molecule has 0 radical (unpaired) electrons.